The Labute approximate surface area is 301 Å². The Kier molecular flexibility index (Phi) is 11.0. The number of hydrogen-bond donors (Lipinski definition) is 3. The summed E-state index contributed by atoms with van der Waals surface area (Å²) in [5, 5.41) is 8.39. The smallest absolute Gasteiger partial charge is 0.330 e. The van der Waals surface area contributed by atoms with E-state index < -0.39 is 23.9 Å². The van der Waals surface area contributed by atoms with E-state index in [1.807, 2.05) is 79.7 Å². The summed E-state index contributed by atoms with van der Waals surface area (Å²) in [6.07, 6.45) is 2.28. The fourth-order valence-corrected chi connectivity index (χ4v) is 7.41. The minimum atomic E-state index is -1.27. The van der Waals surface area contributed by atoms with E-state index in [0.29, 0.717) is 30.6 Å². The van der Waals surface area contributed by atoms with Crippen LogP contribution in [0.15, 0.2) is 91.0 Å². The van der Waals surface area contributed by atoms with Crippen LogP contribution < -0.4 is 16.0 Å². The first-order valence-corrected chi connectivity index (χ1v) is 17.4. The molecule has 11 heteroatoms. The molecule has 1 aliphatic carbocycles. The van der Waals surface area contributed by atoms with Crippen molar-refractivity contribution in [3.8, 4) is 0 Å². The first-order chi connectivity index (χ1) is 24.2. The molecule has 3 atom stereocenters. The molecule has 1 aliphatic heterocycles. The third-order valence-electron chi connectivity index (χ3n) is 9.33. The van der Waals surface area contributed by atoms with Gasteiger partial charge in [0.15, 0.2) is 0 Å². The highest BCUT2D eigenvalue weighted by molar-refractivity contribution is 6.41. The summed E-state index contributed by atoms with van der Waals surface area (Å²) in [4.78, 5) is 55.3. The number of carbonyl (C=O) groups is 4. The Morgan fingerprint density at radius 1 is 0.900 bits per heavy atom. The molecule has 3 N–H and O–H groups in total. The van der Waals surface area contributed by atoms with Crippen molar-refractivity contribution >= 4 is 47.0 Å². The molecular weight excluding hydrogens is 675 g/mol. The van der Waals surface area contributed by atoms with Gasteiger partial charge in [0.05, 0.1) is 22.2 Å². The standard InChI is InChI=1S/C39H38Cl2N4O5/c1-24(28-17-16-27-14-8-9-15-29(27)28)43-39(49)42-21-33(38(48)50-23-26-12-6-3-7-13-26)44-36(46)34-32(40)20-31-30(35(34)41)18-19-45(37(31)47)22-25-10-4-2-5-11-25/h2-15,20,24,28,33H,16-19,21-23H2,1H3,(H,44,46)(H2,42,43,49)/t24?,28-,33-/m0/s1. The molecule has 6 rings (SSSR count). The van der Waals surface area contributed by atoms with Crippen LogP contribution in [0.2, 0.25) is 10.0 Å². The maximum Gasteiger partial charge on any atom is 0.330 e. The van der Waals surface area contributed by atoms with Crippen LogP contribution in [0.4, 0.5) is 4.79 Å². The topological polar surface area (TPSA) is 117 Å². The molecule has 4 amide bonds. The van der Waals surface area contributed by atoms with E-state index >= 15 is 0 Å². The molecule has 0 spiro atoms. The second-order valence-electron chi connectivity index (χ2n) is 12.6. The quantitative estimate of drug-likeness (QED) is 0.155. The highest BCUT2D eigenvalue weighted by Gasteiger charge is 2.33. The minimum Gasteiger partial charge on any atom is -0.459 e. The van der Waals surface area contributed by atoms with Gasteiger partial charge in [0.25, 0.3) is 11.8 Å². The molecule has 0 saturated heterocycles. The van der Waals surface area contributed by atoms with Crippen molar-refractivity contribution < 1.29 is 23.9 Å². The third kappa shape index (κ3) is 7.95. The van der Waals surface area contributed by atoms with Gasteiger partial charge in [-0.3, -0.25) is 9.59 Å². The highest BCUT2D eigenvalue weighted by Crippen LogP contribution is 2.36. The van der Waals surface area contributed by atoms with E-state index in [4.69, 9.17) is 27.9 Å². The Balaban J connectivity index is 1.15. The zero-order valence-electron chi connectivity index (χ0n) is 27.6. The van der Waals surface area contributed by atoms with E-state index in [-0.39, 0.29) is 46.6 Å². The Morgan fingerprint density at radius 3 is 2.32 bits per heavy atom. The summed E-state index contributed by atoms with van der Waals surface area (Å²) in [6.45, 7) is 2.49. The normalized spacial score (nSPS) is 16.1. The molecule has 4 aromatic carbocycles. The number of hydrogen-bond acceptors (Lipinski definition) is 5. The molecule has 50 heavy (non-hydrogen) atoms. The molecule has 0 saturated carbocycles. The summed E-state index contributed by atoms with van der Waals surface area (Å²) in [7, 11) is 0. The molecule has 4 aromatic rings. The van der Waals surface area contributed by atoms with Gasteiger partial charge < -0.3 is 25.6 Å². The number of fused-ring (bicyclic) bond motifs is 2. The second kappa shape index (κ2) is 15.8. The van der Waals surface area contributed by atoms with E-state index in [9.17, 15) is 19.2 Å². The van der Waals surface area contributed by atoms with Crippen molar-refractivity contribution in [2.75, 3.05) is 13.1 Å². The number of esters is 1. The van der Waals surface area contributed by atoms with Crippen molar-refractivity contribution in [1.29, 1.82) is 0 Å². The number of ether oxygens (including phenoxy) is 1. The summed E-state index contributed by atoms with van der Waals surface area (Å²) in [5.74, 6) is -1.56. The lowest BCUT2D eigenvalue weighted by Crippen LogP contribution is -2.52. The van der Waals surface area contributed by atoms with Crippen molar-refractivity contribution in [1.82, 2.24) is 20.9 Å². The molecule has 0 radical (unpaired) electrons. The van der Waals surface area contributed by atoms with E-state index in [1.54, 1.807) is 4.90 Å². The summed E-state index contributed by atoms with van der Waals surface area (Å²) < 4.78 is 5.54. The van der Waals surface area contributed by atoms with Crippen LogP contribution in [-0.2, 0) is 35.5 Å². The van der Waals surface area contributed by atoms with E-state index in [0.717, 1.165) is 24.0 Å². The number of rotatable bonds is 11. The molecular formula is C39H38Cl2N4O5. The number of halogens is 2. The van der Waals surface area contributed by atoms with Crippen molar-refractivity contribution in [3.05, 3.63) is 140 Å². The van der Waals surface area contributed by atoms with Crippen molar-refractivity contribution in [2.24, 2.45) is 0 Å². The number of aryl methyl sites for hydroxylation is 1. The molecule has 2 aliphatic rings. The van der Waals surface area contributed by atoms with Gasteiger partial charge in [-0.1, -0.05) is 108 Å². The largest absolute Gasteiger partial charge is 0.459 e. The van der Waals surface area contributed by atoms with Gasteiger partial charge in [0, 0.05) is 30.6 Å². The van der Waals surface area contributed by atoms with Crippen LogP contribution in [-0.4, -0.2) is 53.9 Å². The predicted octanol–water partition coefficient (Wildman–Crippen LogP) is 6.45. The molecule has 0 bridgehead atoms. The molecule has 0 fully saturated rings. The number of benzene rings is 4. The number of urea groups is 1. The second-order valence-corrected chi connectivity index (χ2v) is 13.4. The van der Waals surface area contributed by atoms with Gasteiger partial charge in [0.2, 0.25) is 0 Å². The minimum absolute atomic E-state index is 0.0295. The number of carbonyl (C=O) groups excluding carboxylic acids is 4. The SMILES string of the molecule is CC(NC(=O)NC[C@H](NC(=O)c1c(Cl)cc2c(c1Cl)CCN(Cc1ccccc1)C2=O)C(=O)OCc1ccccc1)[C@@H]1CCc2ccccc21. The van der Waals surface area contributed by atoms with Crippen LogP contribution >= 0.6 is 23.2 Å². The summed E-state index contributed by atoms with van der Waals surface area (Å²) in [6, 6.07) is 26.5. The highest BCUT2D eigenvalue weighted by atomic mass is 35.5. The summed E-state index contributed by atoms with van der Waals surface area (Å²) in [5.41, 5.74) is 5.03. The number of nitrogens with zero attached hydrogens (tertiary/aromatic N) is 1. The number of nitrogens with one attached hydrogen (secondary N) is 3. The lowest BCUT2D eigenvalue weighted by atomic mass is 9.94. The van der Waals surface area contributed by atoms with E-state index in [1.165, 1.54) is 17.2 Å². The molecule has 0 aromatic heterocycles. The number of amides is 4. The lowest BCUT2D eigenvalue weighted by Gasteiger charge is -2.30. The average molecular weight is 714 g/mol. The third-order valence-corrected chi connectivity index (χ3v) is 10.0. The Morgan fingerprint density at radius 2 is 1.58 bits per heavy atom. The average Bonchev–Trinajstić information content (AvgIpc) is 3.56. The van der Waals surface area contributed by atoms with Gasteiger partial charge in [0.1, 0.15) is 12.6 Å². The molecule has 1 unspecified atom stereocenters. The Bertz CT molecular complexity index is 1890. The van der Waals surface area contributed by atoms with Crippen LogP contribution in [0.5, 0.6) is 0 Å². The first kappa shape index (κ1) is 35.0. The van der Waals surface area contributed by atoms with Crippen molar-refractivity contribution in [3.63, 3.8) is 0 Å². The maximum absolute atomic E-state index is 13.8. The summed E-state index contributed by atoms with van der Waals surface area (Å²) >= 11 is 13.4. The Hall–Kier alpha value is -4.86. The monoisotopic (exact) mass is 712 g/mol. The van der Waals surface area contributed by atoms with Gasteiger partial charge in [-0.25, -0.2) is 9.59 Å². The molecule has 1 heterocycles. The zero-order chi connectivity index (χ0) is 35.2. The van der Waals surface area contributed by atoms with Gasteiger partial charge >= 0.3 is 12.0 Å². The van der Waals surface area contributed by atoms with E-state index in [2.05, 4.69) is 28.1 Å². The lowest BCUT2D eigenvalue weighted by molar-refractivity contribution is -0.147. The van der Waals surface area contributed by atoms with Crippen LogP contribution in [0.3, 0.4) is 0 Å². The van der Waals surface area contributed by atoms with Gasteiger partial charge in [-0.2, -0.15) is 0 Å². The van der Waals surface area contributed by atoms with Crippen LogP contribution in [0.25, 0.3) is 0 Å². The first-order valence-electron chi connectivity index (χ1n) is 16.7. The zero-order valence-corrected chi connectivity index (χ0v) is 29.1. The fourth-order valence-electron chi connectivity index (χ4n) is 6.69. The fraction of sp³-hybridized carbons (Fsp3) is 0.282. The van der Waals surface area contributed by atoms with Gasteiger partial charge in [-0.05, 0) is 60.1 Å². The van der Waals surface area contributed by atoms with Crippen LogP contribution in [0.1, 0.15) is 67.8 Å². The molecule has 258 valence electrons. The van der Waals surface area contributed by atoms with Crippen molar-refractivity contribution in [2.45, 2.75) is 57.3 Å². The maximum atomic E-state index is 13.8. The molecule has 9 nitrogen and oxygen atoms in total. The predicted molar refractivity (Wildman–Crippen MR) is 192 cm³/mol. The van der Waals surface area contributed by atoms with Crippen LogP contribution in [0, 0.1) is 0 Å². The van der Waals surface area contributed by atoms with Gasteiger partial charge in [-0.15, -0.1) is 0 Å².